The van der Waals surface area contributed by atoms with Gasteiger partial charge in [0.15, 0.2) is 0 Å². The molecule has 0 fully saturated rings. The molecule has 0 unspecified atom stereocenters. The number of benzene rings is 1. The van der Waals surface area contributed by atoms with Crippen molar-refractivity contribution in [2.45, 2.75) is 25.7 Å². The number of hydrogen-bond acceptors (Lipinski definition) is 4. The van der Waals surface area contributed by atoms with Crippen LogP contribution in [0.4, 0.5) is 0 Å². The van der Waals surface area contributed by atoms with Gasteiger partial charge < -0.3 is 20.8 Å². The van der Waals surface area contributed by atoms with Crippen LogP contribution in [-0.2, 0) is 6.42 Å². The van der Waals surface area contributed by atoms with E-state index in [1.54, 1.807) is 0 Å². The highest BCUT2D eigenvalue weighted by molar-refractivity contribution is 5.79. The SMILES string of the molecule is N/C(CCCCOc1ccc(CCO)cc1)=N/O. The third kappa shape index (κ3) is 5.54. The fourth-order valence-corrected chi connectivity index (χ4v) is 1.53. The van der Waals surface area contributed by atoms with Crippen LogP contribution in [0.2, 0.25) is 0 Å². The molecule has 0 saturated heterocycles. The van der Waals surface area contributed by atoms with E-state index in [1.807, 2.05) is 24.3 Å². The zero-order valence-corrected chi connectivity index (χ0v) is 10.4. The Morgan fingerprint density at radius 3 is 2.56 bits per heavy atom. The van der Waals surface area contributed by atoms with Gasteiger partial charge in [0.05, 0.1) is 6.61 Å². The molecule has 0 heterocycles. The van der Waals surface area contributed by atoms with Crippen molar-refractivity contribution in [1.82, 2.24) is 0 Å². The molecule has 0 radical (unpaired) electrons. The minimum Gasteiger partial charge on any atom is -0.494 e. The lowest BCUT2D eigenvalue weighted by Crippen LogP contribution is -2.11. The third-order valence-corrected chi connectivity index (χ3v) is 2.55. The summed E-state index contributed by atoms with van der Waals surface area (Å²) < 4.78 is 5.55. The van der Waals surface area contributed by atoms with Crippen molar-refractivity contribution in [3.05, 3.63) is 29.8 Å². The maximum atomic E-state index is 8.79. The van der Waals surface area contributed by atoms with Crippen molar-refractivity contribution < 1.29 is 15.1 Å². The molecular weight excluding hydrogens is 232 g/mol. The summed E-state index contributed by atoms with van der Waals surface area (Å²) >= 11 is 0. The molecule has 4 N–H and O–H groups in total. The number of aliphatic hydroxyl groups is 1. The van der Waals surface area contributed by atoms with Crippen molar-refractivity contribution in [3.63, 3.8) is 0 Å². The summed E-state index contributed by atoms with van der Waals surface area (Å²) in [6, 6.07) is 7.69. The molecule has 0 saturated carbocycles. The highest BCUT2D eigenvalue weighted by Gasteiger charge is 1.97. The van der Waals surface area contributed by atoms with Gasteiger partial charge in [-0.05, 0) is 37.0 Å². The Morgan fingerprint density at radius 2 is 1.94 bits per heavy atom. The summed E-state index contributed by atoms with van der Waals surface area (Å²) in [5.74, 6) is 1.07. The Hall–Kier alpha value is -1.75. The molecule has 0 atom stereocenters. The van der Waals surface area contributed by atoms with Crippen molar-refractivity contribution in [1.29, 1.82) is 0 Å². The van der Waals surface area contributed by atoms with E-state index in [2.05, 4.69) is 5.16 Å². The van der Waals surface area contributed by atoms with Crippen LogP contribution in [0.15, 0.2) is 29.4 Å². The fourth-order valence-electron chi connectivity index (χ4n) is 1.53. The third-order valence-electron chi connectivity index (χ3n) is 2.55. The van der Waals surface area contributed by atoms with Crippen LogP contribution in [0.25, 0.3) is 0 Å². The summed E-state index contributed by atoms with van der Waals surface area (Å²) in [6.45, 7) is 0.770. The Balaban J connectivity index is 2.19. The maximum absolute atomic E-state index is 8.79. The van der Waals surface area contributed by atoms with Crippen LogP contribution in [0.1, 0.15) is 24.8 Å². The second-order valence-electron chi connectivity index (χ2n) is 4.01. The number of nitrogens with zero attached hydrogens (tertiary/aromatic N) is 1. The van der Waals surface area contributed by atoms with E-state index in [1.165, 1.54) is 0 Å². The Kier molecular flexibility index (Phi) is 6.64. The first-order valence-electron chi connectivity index (χ1n) is 6.05. The van der Waals surface area contributed by atoms with Gasteiger partial charge in [-0.3, -0.25) is 0 Å². The molecule has 0 amide bonds. The number of rotatable bonds is 8. The van der Waals surface area contributed by atoms with E-state index >= 15 is 0 Å². The first-order valence-corrected chi connectivity index (χ1v) is 6.05. The van der Waals surface area contributed by atoms with Crippen molar-refractivity contribution in [3.8, 4) is 5.75 Å². The van der Waals surface area contributed by atoms with Crippen LogP contribution in [0.3, 0.4) is 0 Å². The summed E-state index contributed by atoms with van der Waals surface area (Å²) in [7, 11) is 0. The highest BCUT2D eigenvalue weighted by atomic mass is 16.5. The number of hydrogen-bond donors (Lipinski definition) is 3. The van der Waals surface area contributed by atoms with Crippen LogP contribution >= 0.6 is 0 Å². The average molecular weight is 252 g/mol. The summed E-state index contributed by atoms with van der Waals surface area (Å²) in [4.78, 5) is 0. The van der Waals surface area contributed by atoms with E-state index in [0.717, 1.165) is 24.2 Å². The van der Waals surface area contributed by atoms with Gasteiger partial charge >= 0.3 is 0 Å². The minimum atomic E-state index is 0.161. The van der Waals surface area contributed by atoms with E-state index in [4.69, 9.17) is 20.8 Å². The lowest BCUT2D eigenvalue weighted by atomic mass is 10.1. The van der Waals surface area contributed by atoms with Crippen LogP contribution in [0, 0.1) is 0 Å². The molecule has 5 heteroatoms. The standard InChI is InChI=1S/C13H20N2O3/c14-13(15-17)3-1-2-10-18-12-6-4-11(5-7-12)8-9-16/h4-7,16-17H,1-3,8-10H2,(H2,14,15). The van der Waals surface area contributed by atoms with Crippen LogP contribution < -0.4 is 10.5 Å². The molecule has 100 valence electrons. The maximum Gasteiger partial charge on any atom is 0.139 e. The van der Waals surface area contributed by atoms with Gasteiger partial charge in [0.25, 0.3) is 0 Å². The molecule has 1 rings (SSSR count). The lowest BCUT2D eigenvalue weighted by molar-refractivity contribution is 0.298. The second-order valence-corrected chi connectivity index (χ2v) is 4.01. The highest BCUT2D eigenvalue weighted by Crippen LogP contribution is 2.13. The van der Waals surface area contributed by atoms with Crippen molar-refractivity contribution in [2.75, 3.05) is 13.2 Å². The van der Waals surface area contributed by atoms with E-state index < -0.39 is 0 Å². The summed E-state index contributed by atoms with van der Waals surface area (Å²) in [5, 5.41) is 20.0. The molecular formula is C13H20N2O3. The molecule has 0 aliphatic heterocycles. The summed E-state index contributed by atoms with van der Waals surface area (Å²) in [6.07, 6.45) is 2.93. The molecule has 0 bridgehead atoms. The minimum absolute atomic E-state index is 0.161. The molecule has 0 aliphatic rings. The van der Waals surface area contributed by atoms with E-state index in [-0.39, 0.29) is 12.4 Å². The topological polar surface area (TPSA) is 88.1 Å². The number of unbranched alkanes of at least 4 members (excludes halogenated alkanes) is 1. The lowest BCUT2D eigenvalue weighted by Gasteiger charge is -2.06. The predicted molar refractivity (Wildman–Crippen MR) is 70.0 cm³/mol. The Bertz CT molecular complexity index is 363. The molecule has 1 aromatic carbocycles. The van der Waals surface area contributed by atoms with Crippen molar-refractivity contribution >= 4 is 5.84 Å². The molecule has 0 spiro atoms. The fraction of sp³-hybridized carbons (Fsp3) is 0.462. The molecule has 1 aromatic rings. The number of amidine groups is 1. The molecule has 5 nitrogen and oxygen atoms in total. The first kappa shape index (κ1) is 14.3. The number of nitrogens with two attached hydrogens (primary N) is 1. The largest absolute Gasteiger partial charge is 0.494 e. The van der Waals surface area contributed by atoms with E-state index in [0.29, 0.717) is 19.4 Å². The van der Waals surface area contributed by atoms with Crippen LogP contribution in [0.5, 0.6) is 5.75 Å². The summed E-state index contributed by atoms with van der Waals surface area (Å²) in [5.41, 5.74) is 6.44. The Morgan fingerprint density at radius 1 is 1.22 bits per heavy atom. The number of aliphatic hydroxyl groups excluding tert-OH is 1. The quantitative estimate of drug-likeness (QED) is 0.215. The molecule has 0 aromatic heterocycles. The van der Waals surface area contributed by atoms with Crippen LogP contribution in [-0.4, -0.2) is 29.4 Å². The smallest absolute Gasteiger partial charge is 0.139 e. The zero-order chi connectivity index (χ0) is 13.2. The van der Waals surface area contributed by atoms with Gasteiger partial charge in [-0.1, -0.05) is 17.3 Å². The molecule has 18 heavy (non-hydrogen) atoms. The first-order chi connectivity index (χ1) is 8.76. The predicted octanol–water partition coefficient (Wildman–Crippen LogP) is 1.52. The Labute approximate surface area is 107 Å². The van der Waals surface area contributed by atoms with Gasteiger partial charge in [0.1, 0.15) is 11.6 Å². The van der Waals surface area contributed by atoms with Gasteiger partial charge in [-0.25, -0.2) is 0 Å². The van der Waals surface area contributed by atoms with Gasteiger partial charge in [-0.2, -0.15) is 0 Å². The van der Waals surface area contributed by atoms with Gasteiger partial charge in [0, 0.05) is 13.0 Å². The van der Waals surface area contributed by atoms with E-state index in [9.17, 15) is 0 Å². The average Bonchev–Trinajstić information content (AvgIpc) is 2.40. The zero-order valence-electron chi connectivity index (χ0n) is 10.4. The molecule has 0 aliphatic carbocycles. The second kappa shape index (κ2) is 8.36. The van der Waals surface area contributed by atoms with Crippen molar-refractivity contribution in [2.24, 2.45) is 10.9 Å². The monoisotopic (exact) mass is 252 g/mol. The van der Waals surface area contributed by atoms with Gasteiger partial charge in [-0.15, -0.1) is 0 Å². The number of ether oxygens (including phenoxy) is 1. The van der Waals surface area contributed by atoms with Gasteiger partial charge in [0.2, 0.25) is 0 Å². The normalized spacial score (nSPS) is 11.5. The number of oxime groups is 1.